The highest BCUT2D eigenvalue weighted by Crippen LogP contribution is 2.28. The molecule has 1 aliphatic rings. The summed E-state index contributed by atoms with van der Waals surface area (Å²) < 4.78 is 42.5. The molecule has 0 aromatic heterocycles. The Kier molecular flexibility index (Phi) is 5.36. The highest BCUT2D eigenvalue weighted by Gasteiger charge is 2.43. The highest BCUT2D eigenvalue weighted by atomic mass is 32.1. The average Bonchev–Trinajstić information content (AvgIpc) is 2.71. The molecule has 9 heteroatoms. The van der Waals surface area contributed by atoms with Gasteiger partial charge in [-0.1, -0.05) is 12.2 Å². The van der Waals surface area contributed by atoms with Gasteiger partial charge in [-0.3, -0.25) is 0 Å². The number of ether oxygens (including phenoxy) is 1. The van der Waals surface area contributed by atoms with Crippen LogP contribution in [0, 0.1) is 5.92 Å². The van der Waals surface area contributed by atoms with E-state index in [4.69, 9.17) is 5.73 Å². The van der Waals surface area contributed by atoms with Gasteiger partial charge in [0, 0.05) is 25.7 Å². The van der Waals surface area contributed by atoms with E-state index < -0.39 is 23.2 Å². The van der Waals surface area contributed by atoms with Crippen molar-refractivity contribution in [3.05, 3.63) is 0 Å². The lowest BCUT2D eigenvalue weighted by atomic mass is 10.1. The van der Waals surface area contributed by atoms with Crippen molar-refractivity contribution in [2.24, 2.45) is 11.7 Å². The van der Waals surface area contributed by atoms with Gasteiger partial charge in [0.1, 0.15) is 5.92 Å². The second kappa shape index (κ2) is 6.38. The fraction of sp³-hybridized carbons (Fsp3) is 0.800. The maximum Gasteiger partial charge on any atom is 0.407 e. The first-order valence-corrected chi connectivity index (χ1v) is 6.07. The number of amides is 1. The normalized spacial score (nSPS) is 22.0. The van der Waals surface area contributed by atoms with E-state index >= 15 is 0 Å². The summed E-state index contributed by atoms with van der Waals surface area (Å²) in [6, 6.07) is -0.215. The molecule has 1 heterocycles. The number of alkyl halides is 3. The molecule has 2 atom stereocenters. The van der Waals surface area contributed by atoms with Gasteiger partial charge in [-0.2, -0.15) is 13.2 Å². The molecule has 1 aliphatic heterocycles. The number of halogens is 3. The molecule has 2 unspecified atom stereocenters. The van der Waals surface area contributed by atoms with Crippen molar-refractivity contribution in [3.63, 3.8) is 0 Å². The zero-order chi connectivity index (χ0) is 14.6. The number of nitrogens with zero attached hydrogens (tertiary/aromatic N) is 1. The van der Waals surface area contributed by atoms with Crippen LogP contribution in [-0.4, -0.2) is 54.9 Å². The van der Waals surface area contributed by atoms with Crippen LogP contribution in [0.15, 0.2) is 0 Å². The number of rotatable bonds is 4. The Morgan fingerprint density at radius 3 is 2.74 bits per heavy atom. The Morgan fingerprint density at radius 1 is 1.63 bits per heavy atom. The van der Waals surface area contributed by atoms with Crippen LogP contribution in [0.4, 0.5) is 18.0 Å². The van der Waals surface area contributed by atoms with Gasteiger partial charge in [0.05, 0.1) is 12.1 Å². The first kappa shape index (κ1) is 16.0. The van der Waals surface area contributed by atoms with Crippen molar-refractivity contribution < 1.29 is 22.7 Å². The molecule has 19 heavy (non-hydrogen) atoms. The van der Waals surface area contributed by atoms with Gasteiger partial charge in [-0.25, -0.2) is 4.79 Å². The summed E-state index contributed by atoms with van der Waals surface area (Å²) in [7, 11) is 1.23. The zero-order valence-corrected chi connectivity index (χ0v) is 11.2. The number of methoxy groups -OCH3 is 1. The van der Waals surface area contributed by atoms with Crippen molar-refractivity contribution in [3.8, 4) is 0 Å². The summed E-state index contributed by atoms with van der Waals surface area (Å²) in [6.45, 7) is 0.492. The molecule has 0 radical (unpaired) electrons. The van der Waals surface area contributed by atoms with Gasteiger partial charge in [-0.05, 0) is 6.42 Å². The molecular weight excluding hydrogens is 283 g/mol. The quantitative estimate of drug-likeness (QED) is 0.754. The number of alkyl carbamates (subject to hydrolysis) is 1. The number of carbonyl (C=O) groups excluding carboxylic acids is 1. The maximum atomic E-state index is 12.7. The largest absolute Gasteiger partial charge is 0.453 e. The second-order valence-electron chi connectivity index (χ2n) is 4.38. The molecule has 0 aliphatic carbocycles. The maximum absolute atomic E-state index is 12.7. The third-order valence-electron chi connectivity index (χ3n) is 2.96. The number of carbonyl (C=O) groups is 1. The lowest BCUT2D eigenvalue weighted by molar-refractivity contribution is -0.158. The van der Waals surface area contributed by atoms with Gasteiger partial charge in [0.15, 0.2) is 0 Å². The summed E-state index contributed by atoms with van der Waals surface area (Å²) in [5.74, 6) is -1.82. The second-order valence-corrected chi connectivity index (χ2v) is 4.85. The van der Waals surface area contributed by atoms with E-state index in [-0.39, 0.29) is 12.6 Å². The number of likely N-dealkylation sites (tertiary alicyclic amines) is 1. The first-order chi connectivity index (χ1) is 8.74. The van der Waals surface area contributed by atoms with E-state index in [9.17, 15) is 18.0 Å². The molecule has 0 aromatic rings. The Balaban J connectivity index is 2.50. The van der Waals surface area contributed by atoms with E-state index in [0.717, 1.165) is 0 Å². The molecule has 1 saturated heterocycles. The minimum absolute atomic E-state index is 0.215. The zero-order valence-electron chi connectivity index (χ0n) is 10.4. The Bertz CT molecular complexity index is 351. The number of nitrogens with one attached hydrogen (secondary N) is 1. The summed E-state index contributed by atoms with van der Waals surface area (Å²) in [6.07, 6.45) is -4.47. The van der Waals surface area contributed by atoms with E-state index in [0.29, 0.717) is 19.5 Å². The third kappa shape index (κ3) is 4.83. The van der Waals surface area contributed by atoms with Crippen LogP contribution in [0.5, 0.6) is 0 Å². The fourth-order valence-corrected chi connectivity index (χ4v) is 2.16. The molecule has 1 rings (SSSR count). The average molecular weight is 299 g/mol. The Hall–Kier alpha value is -1.09. The topological polar surface area (TPSA) is 67.6 Å². The fourth-order valence-electron chi connectivity index (χ4n) is 1.95. The van der Waals surface area contributed by atoms with Crippen LogP contribution in [-0.2, 0) is 4.74 Å². The molecule has 0 bridgehead atoms. The minimum atomic E-state index is -4.44. The molecule has 5 nitrogen and oxygen atoms in total. The molecule has 0 spiro atoms. The van der Waals surface area contributed by atoms with Gasteiger partial charge in [0.2, 0.25) is 0 Å². The predicted octanol–water partition coefficient (Wildman–Crippen LogP) is 0.881. The lowest BCUT2D eigenvalue weighted by Gasteiger charge is -2.24. The van der Waals surface area contributed by atoms with E-state index in [1.165, 1.54) is 7.11 Å². The van der Waals surface area contributed by atoms with Crippen molar-refractivity contribution >= 4 is 23.3 Å². The third-order valence-corrected chi connectivity index (χ3v) is 3.24. The number of hydrogen-bond donors (Lipinski definition) is 2. The standard InChI is InChI=1S/C10H16F3N3O2S/c1-18-9(17)15-6-2-3-16(4-6)5-7(8(14)19)10(11,12)13/h6-7H,2-5H2,1H3,(H2,14,19)(H,15,17). The van der Waals surface area contributed by atoms with Crippen molar-refractivity contribution in [2.75, 3.05) is 26.7 Å². The summed E-state index contributed by atoms with van der Waals surface area (Å²) in [5, 5.41) is 2.55. The van der Waals surface area contributed by atoms with Crippen LogP contribution in [0.2, 0.25) is 0 Å². The Labute approximate surface area is 114 Å². The molecule has 1 fully saturated rings. The Morgan fingerprint density at radius 2 is 2.26 bits per heavy atom. The minimum Gasteiger partial charge on any atom is -0.453 e. The van der Waals surface area contributed by atoms with Gasteiger partial charge < -0.3 is 20.7 Å². The summed E-state index contributed by atoms with van der Waals surface area (Å²) >= 11 is 4.46. The van der Waals surface area contributed by atoms with E-state index in [1.807, 2.05) is 0 Å². The van der Waals surface area contributed by atoms with Crippen molar-refractivity contribution in [2.45, 2.75) is 18.6 Å². The van der Waals surface area contributed by atoms with Gasteiger partial charge in [-0.15, -0.1) is 0 Å². The highest BCUT2D eigenvalue weighted by molar-refractivity contribution is 7.80. The number of thiocarbonyl (C=S) groups is 1. The number of nitrogens with two attached hydrogens (primary N) is 1. The van der Waals surface area contributed by atoms with E-state index in [1.54, 1.807) is 4.90 Å². The smallest absolute Gasteiger partial charge is 0.407 e. The van der Waals surface area contributed by atoms with Crippen molar-refractivity contribution in [1.82, 2.24) is 10.2 Å². The molecule has 3 N–H and O–H groups in total. The lowest BCUT2D eigenvalue weighted by Crippen LogP contribution is -2.44. The molecule has 1 amide bonds. The molecule has 110 valence electrons. The summed E-state index contributed by atoms with van der Waals surface area (Å²) in [5.41, 5.74) is 5.13. The molecular formula is C10H16F3N3O2S. The van der Waals surface area contributed by atoms with Gasteiger partial charge >= 0.3 is 12.3 Å². The van der Waals surface area contributed by atoms with E-state index in [2.05, 4.69) is 22.3 Å². The van der Waals surface area contributed by atoms with Crippen LogP contribution in [0.3, 0.4) is 0 Å². The molecule has 0 saturated carbocycles. The van der Waals surface area contributed by atoms with Crippen molar-refractivity contribution in [1.29, 1.82) is 0 Å². The monoisotopic (exact) mass is 299 g/mol. The van der Waals surface area contributed by atoms with Crippen LogP contribution in [0.1, 0.15) is 6.42 Å². The first-order valence-electron chi connectivity index (χ1n) is 5.67. The van der Waals surface area contributed by atoms with Crippen LogP contribution >= 0.6 is 12.2 Å². The predicted molar refractivity (Wildman–Crippen MR) is 66.7 cm³/mol. The number of hydrogen-bond acceptors (Lipinski definition) is 4. The van der Waals surface area contributed by atoms with Gasteiger partial charge in [0.25, 0.3) is 0 Å². The SMILES string of the molecule is COC(=O)NC1CCN(CC(C(N)=S)C(F)(F)F)C1. The van der Waals surface area contributed by atoms with Crippen LogP contribution < -0.4 is 11.1 Å². The summed E-state index contributed by atoms with van der Waals surface area (Å²) in [4.78, 5) is 12.0. The molecule has 0 aromatic carbocycles. The van der Waals surface area contributed by atoms with Crippen LogP contribution in [0.25, 0.3) is 0 Å².